The van der Waals surface area contributed by atoms with Gasteiger partial charge in [0, 0.05) is 12.0 Å². The largest absolute Gasteiger partial charge is 0.300 e. The Balaban J connectivity index is 2.39. The van der Waals surface area contributed by atoms with Crippen LogP contribution in [0.25, 0.3) is 0 Å². The van der Waals surface area contributed by atoms with E-state index < -0.39 is 0 Å². The molecule has 0 radical (unpaired) electrons. The average Bonchev–Trinajstić information content (AvgIpc) is 2.34. The molecular formula is C15H29NO. The van der Waals surface area contributed by atoms with Crippen molar-refractivity contribution in [3.8, 4) is 0 Å². The number of hydrogen-bond acceptors (Lipinski definition) is 2. The second kappa shape index (κ2) is 7.86. The van der Waals surface area contributed by atoms with Crippen LogP contribution in [0.4, 0.5) is 0 Å². The summed E-state index contributed by atoms with van der Waals surface area (Å²) in [6.07, 6.45) is 8.76. The number of piperidine rings is 1. The van der Waals surface area contributed by atoms with Gasteiger partial charge in [-0.3, -0.25) is 4.79 Å². The molecule has 1 rings (SSSR count). The summed E-state index contributed by atoms with van der Waals surface area (Å²) in [6.45, 7) is 8.57. The Morgan fingerprint density at radius 2 is 1.82 bits per heavy atom. The molecule has 0 spiro atoms. The molecule has 0 aromatic heterocycles. The van der Waals surface area contributed by atoms with E-state index >= 15 is 0 Å². The van der Waals surface area contributed by atoms with Crippen LogP contribution in [0.5, 0.6) is 0 Å². The lowest BCUT2D eigenvalue weighted by molar-refractivity contribution is -0.122. The summed E-state index contributed by atoms with van der Waals surface area (Å²) in [5.41, 5.74) is 0. The zero-order valence-electron chi connectivity index (χ0n) is 11.9. The Hall–Kier alpha value is -0.370. The lowest BCUT2D eigenvalue weighted by Gasteiger charge is -2.37. The Labute approximate surface area is 107 Å². The molecule has 1 heterocycles. The molecule has 2 heteroatoms. The second-order valence-electron chi connectivity index (χ2n) is 5.51. The van der Waals surface area contributed by atoms with Crippen molar-refractivity contribution in [1.82, 2.24) is 4.90 Å². The van der Waals surface area contributed by atoms with E-state index in [0.717, 1.165) is 32.0 Å². The lowest BCUT2D eigenvalue weighted by atomic mass is 9.91. The summed E-state index contributed by atoms with van der Waals surface area (Å²) in [7, 11) is 0. The highest BCUT2D eigenvalue weighted by Gasteiger charge is 2.26. The van der Waals surface area contributed by atoms with Crippen LogP contribution < -0.4 is 0 Å². The fourth-order valence-corrected chi connectivity index (χ4v) is 2.95. The first-order valence-electron chi connectivity index (χ1n) is 7.43. The van der Waals surface area contributed by atoms with Crippen molar-refractivity contribution in [2.24, 2.45) is 5.92 Å². The SMILES string of the molecule is CCCCC(CCC)N1CCC(C(C)=O)CC1. The van der Waals surface area contributed by atoms with Crippen LogP contribution >= 0.6 is 0 Å². The highest BCUT2D eigenvalue weighted by Crippen LogP contribution is 2.23. The van der Waals surface area contributed by atoms with Gasteiger partial charge in [0.25, 0.3) is 0 Å². The van der Waals surface area contributed by atoms with E-state index in [9.17, 15) is 4.79 Å². The third kappa shape index (κ3) is 4.79. The molecule has 0 N–H and O–H groups in total. The number of nitrogens with zero attached hydrogens (tertiary/aromatic N) is 1. The zero-order chi connectivity index (χ0) is 12.7. The molecule has 0 amide bonds. The van der Waals surface area contributed by atoms with Gasteiger partial charge in [-0.1, -0.05) is 33.1 Å². The van der Waals surface area contributed by atoms with Gasteiger partial charge in [0.2, 0.25) is 0 Å². The first kappa shape index (κ1) is 14.7. The van der Waals surface area contributed by atoms with E-state index in [1.54, 1.807) is 6.92 Å². The molecule has 0 aliphatic carbocycles. The summed E-state index contributed by atoms with van der Waals surface area (Å²) in [4.78, 5) is 14.0. The number of likely N-dealkylation sites (tertiary alicyclic amines) is 1. The predicted octanol–water partition coefficient (Wildman–Crippen LogP) is 3.65. The van der Waals surface area contributed by atoms with E-state index in [-0.39, 0.29) is 0 Å². The molecule has 1 unspecified atom stereocenters. The van der Waals surface area contributed by atoms with Gasteiger partial charge in [0.15, 0.2) is 0 Å². The molecule has 1 fully saturated rings. The van der Waals surface area contributed by atoms with Crippen LogP contribution in [-0.4, -0.2) is 29.8 Å². The molecule has 100 valence electrons. The van der Waals surface area contributed by atoms with Gasteiger partial charge in [-0.25, -0.2) is 0 Å². The van der Waals surface area contributed by atoms with Gasteiger partial charge in [0.1, 0.15) is 5.78 Å². The van der Waals surface area contributed by atoms with Crippen molar-refractivity contribution >= 4 is 5.78 Å². The Morgan fingerprint density at radius 1 is 1.18 bits per heavy atom. The van der Waals surface area contributed by atoms with Crippen LogP contribution in [0, 0.1) is 5.92 Å². The molecule has 0 aromatic rings. The first-order valence-corrected chi connectivity index (χ1v) is 7.43. The van der Waals surface area contributed by atoms with Crippen LogP contribution in [0.2, 0.25) is 0 Å². The predicted molar refractivity (Wildman–Crippen MR) is 73.2 cm³/mol. The third-order valence-corrected chi connectivity index (χ3v) is 4.13. The van der Waals surface area contributed by atoms with Gasteiger partial charge in [0.05, 0.1) is 0 Å². The maximum Gasteiger partial charge on any atom is 0.133 e. The third-order valence-electron chi connectivity index (χ3n) is 4.13. The van der Waals surface area contributed by atoms with Crippen LogP contribution in [0.15, 0.2) is 0 Å². The molecule has 2 nitrogen and oxygen atoms in total. The fourth-order valence-electron chi connectivity index (χ4n) is 2.95. The quantitative estimate of drug-likeness (QED) is 0.676. The highest BCUT2D eigenvalue weighted by molar-refractivity contribution is 5.78. The minimum absolute atomic E-state index is 0.347. The summed E-state index contributed by atoms with van der Waals surface area (Å²) in [5.74, 6) is 0.741. The molecule has 0 bridgehead atoms. The second-order valence-corrected chi connectivity index (χ2v) is 5.51. The number of ketones is 1. The Kier molecular flexibility index (Phi) is 6.79. The summed E-state index contributed by atoms with van der Waals surface area (Å²) >= 11 is 0. The number of rotatable bonds is 7. The minimum Gasteiger partial charge on any atom is -0.300 e. The molecule has 1 aliphatic heterocycles. The highest BCUT2D eigenvalue weighted by atomic mass is 16.1. The molecule has 1 saturated heterocycles. The number of carbonyl (C=O) groups excluding carboxylic acids is 1. The van der Waals surface area contributed by atoms with Gasteiger partial charge in [-0.15, -0.1) is 0 Å². The van der Waals surface area contributed by atoms with Crippen molar-refractivity contribution in [3.63, 3.8) is 0 Å². The van der Waals surface area contributed by atoms with Crippen LogP contribution in [0.1, 0.15) is 65.7 Å². The number of unbranched alkanes of at least 4 members (excludes halogenated alkanes) is 1. The number of Topliss-reactive ketones (excluding diaryl/α,β-unsaturated/α-hetero) is 1. The van der Waals surface area contributed by atoms with Crippen LogP contribution in [-0.2, 0) is 4.79 Å². The maximum atomic E-state index is 11.4. The summed E-state index contributed by atoms with van der Waals surface area (Å²) in [5, 5.41) is 0. The maximum absolute atomic E-state index is 11.4. The standard InChI is InChI=1S/C15H29NO/c1-4-6-8-15(7-5-2)16-11-9-14(10-12-16)13(3)17/h14-15H,4-12H2,1-3H3. The van der Waals surface area contributed by atoms with E-state index in [1.165, 1.54) is 32.1 Å². The van der Waals surface area contributed by atoms with Gasteiger partial charge in [-0.2, -0.15) is 0 Å². The lowest BCUT2D eigenvalue weighted by Crippen LogP contribution is -2.42. The smallest absolute Gasteiger partial charge is 0.133 e. The first-order chi connectivity index (χ1) is 8.19. The van der Waals surface area contributed by atoms with Crippen molar-refractivity contribution < 1.29 is 4.79 Å². The van der Waals surface area contributed by atoms with Crippen LogP contribution in [0.3, 0.4) is 0 Å². The van der Waals surface area contributed by atoms with Gasteiger partial charge in [-0.05, 0) is 45.7 Å². The Morgan fingerprint density at radius 3 is 2.29 bits per heavy atom. The molecular weight excluding hydrogens is 210 g/mol. The van der Waals surface area contributed by atoms with Gasteiger partial charge < -0.3 is 4.90 Å². The van der Waals surface area contributed by atoms with E-state index in [1.807, 2.05) is 0 Å². The monoisotopic (exact) mass is 239 g/mol. The molecule has 1 atom stereocenters. The minimum atomic E-state index is 0.347. The fraction of sp³-hybridized carbons (Fsp3) is 0.933. The number of carbonyl (C=O) groups is 1. The zero-order valence-corrected chi connectivity index (χ0v) is 11.9. The van der Waals surface area contributed by atoms with Crippen molar-refractivity contribution in [2.45, 2.75) is 71.8 Å². The topological polar surface area (TPSA) is 20.3 Å². The molecule has 0 saturated carbocycles. The van der Waals surface area contributed by atoms with E-state index in [4.69, 9.17) is 0 Å². The summed E-state index contributed by atoms with van der Waals surface area (Å²) < 4.78 is 0. The number of hydrogen-bond donors (Lipinski definition) is 0. The van der Waals surface area contributed by atoms with Crippen molar-refractivity contribution in [3.05, 3.63) is 0 Å². The van der Waals surface area contributed by atoms with Crippen molar-refractivity contribution in [2.75, 3.05) is 13.1 Å². The normalized spacial score (nSPS) is 20.4. The van der Waals surface area contributed by atoms with Gasteiger partial charge >= 0.3 is 0 Å². The average molecular weight is 239 g/mol. The summed E-state index contributed by atoms with van der Waals surface area (Å²) in [6, 6.07) is 0.771. The van der Waals surface area contributed by atoms with E-state index in [2.05, 4.69) is 18.7 Å². The molecule has 0 aromatic carbocycles. The Bertz CT molecular complexity index is 219. The van der Waals surface area contributed by atoms with E-state index in [0.29, 0.717) is 11.7 Å². The molecule has 1 aliphatic rings. The van der Waals surface area contributed by atoms with Crippen molar-refractivity contribution in [1.29, 1.82) is 0 Å². The molecule has 17 heavy (non-hydrogen) atoms.